The summed E-state index contributed by atoms with van der Waals surface area (Å²) in [6.07, 6.45) is 6.26. The number of aromatic nitrogens is 1. The van der Waals surface area contributed by atoms with Gasteiger partial charge >= 0.3 is 5.97 Å². The van der Waals surface area contributed by atoms with Crippen LogP contribution in [0.4, 0.5) is 5.69 Å². The Morgan fingerprint density at radius 1 is 1.12 bits per heavy atom. The van der Waals surface area contributed by atoms with Crippen molar-refractivity contribution in [1.29, 1.82) is 0 Å². The number of ether oxygens (including phenoxy) is 3. The second-order valence-corrected chi connectivity index (χ2v) is 12.6. The van der Waals surface area contributed by atoms with Gasteiger partial charge < -0.3 is 29.7 Å². The summed E-state index contributed by atoms with van der Waals surface area (Å²) in [5.41, 5.74) is 6.81. The quantitative estimate of drug-likeness (QED) is 0.312. The first-order valence-electron chi connectivity index (χ1n) is 15.4. The lowest BCUT2D eigenvalue weighted by Crippen LogP contribution is -2.70. The van der Waals surface area contributed by atoms with Crippen molar-refractivity contribution in [3.8, 4) is 11.6 Å². The fraction of sp³-hybridized carbons (Fsp3) is 0.576. The van der Waals surface area contributed by atoms with Crippen molar-refractivity contribution < 1.29 is 23.8 Å². The van der Waals surface area contributed by atoms with Gasteiger partial charge in [0.25, 0.3) is 0 Å². The Hall–Kier alpha value is -3.66. The first-order valence-corrected chi connectivity index (χ1v) is 15.4. The molecule has 43 heavy (non-hydrogen) atoms. The number of hydrogen-bond donors (Lipinski definition) is 1. The molecule has 10 heteroatoms. The van der Waals surface area contributed by atoms with Gasteiger partial charge in [-0.1, -0.05) is 31.5 Å². The molecule has 234 valence electrons. The molecule has 4 rings (SSSR count). The van der Waals surface area contributed by atoms with Gasteiger partial charge in [0.15, 0.2) is 12.0 Å². The smallest absolute Gasteiger partial charge is 0.331 e. The van der Waals surface area contributed by atoms with Crippen molar-refractivity contribution in [3.05, 3.63) is 48.2 Å². The summed E-state index contributed by atoms with van der Waals surface area (Å²) in [6.45, 7) is 11.8. The van der Waals surface area contributed by atoms with Crippen LogP contribution in [0.25, 0.3) is 0 Å². The topological polar surface area (TPSA) is 120 Å². The minimum absolute atomic E-state index is 0.00666. The number of fused-ring (bicyclic) bond motifs is 1. The van der Waals surface area contributed by atoms with Gasteiger partial charge in [0.2, 0.25) is 11.8 Å². The maximum Gasteiger partial charge on any atom is 0.331 e. The summed E-state index contributed by atoms with van der Waals surface area (Å²) in [6, 6.07) is 10.4. The van der Waals surface area contributed by atoms with E-state index >= 15 is 0 Å². The van der Waals surface area contributed by atoms with Gasteiger partial charge in [-0.15, -0.1) is 0 Å². The summed E-state index contributed by atoms with van der Waals surface area (Å²) in [7, 11) is 0. The van der Waals surface area contributed by atoms with Gasteiger partial charge in [-0.2, -0.15) is 0 Å². The first kappa shape index (κ1) is 32.3. The first-order chi connectivity index (χ1) is 20.4. The Labute approximate surface area is 255 Å². The molecule has 1 amide bonds. The molecular weight excluding hydrogens is 546 g/mol. The van der Waals surface area contributed by atoms with Crippen LogP contribution in [0.5, 0.6) is 11.6 Å². The fourth-order valence-corrected chi connectivity index (χ4v) is 5.83. The van der Waals surface area contributed by atoms with E-state index < -0.39 is 23.3 Å². The zero-order valence-corrected chi connectivity index (χ0v) is 26.5. The highest BCUT2D eigenvalue weighted by atomic mass is 16.6. The van der Waals surface area contributed by atoms with Gasteiger partial charge in [-0.25, -0.2) is 14.8 Å². The Morgan fingerprint density at radius 3 is 2.44 bits per heavy atom. The van der Waals surface area contributed by atoms with Gasteiger partial charge in [0, 0.05) is 18.1 Å². The lowest BCUT2D eigenvalue weighted by atomic mass is 9.84. The molecule has 1 aliphatic heterocycles. The summed E-state index contributed by atoms with van der Waals surface area (Å²) < 4.78 is 17.9. The zero-order valence-electron chi connectivity index (χ0n) is 26.5. The molecule has 1 aromatic heterocycles. The molecule has 1 aliphatic carbocycles. The molecule has 1 saturated carbocycles. The maximum atomic E-state index is 14.2. The van der Waals surface area contributed by atoms with Crippen molar-refractivity contribution in [2.75, 3.05) is 6.61 Å². The summed E-state index contributed by atoms with van der Waals surface area (Å²) in [5.74, 6) is 0.790. The van der Waals surface area contributed by atoms with Crippen LogP contribution in [-0.4, -0.2) is 62.6 Å². The summed E-state index contributed by atoms with van der Waals surface area (Å²) in [5, 5.41) is 0. The normalized spacial score (nSPS) is 17.1. The third kappa shape index (κ3) is 7.84. The minimum Gasteiger partial charge on any atom is -0.461 e. The summed E-state index contributed by atoms with van der Waals surface area (Å²) in [4.78, 5) is 40.9. The van der Waals surface area contributed by atoms with Crippen LogP contribution < -0.4 is 10.5 Å². The third-order valence-corrected chi connectivity index (χ3v) is 7.69. The zero-order chi connectivity index (χ0) is 31.2. The minimum atomic E-state index is -0.956. The van der Waals surface area contributed by atoms with Crippen LogP contribution in [0.3, 0.4) is 0 Å². The molecule has 0 spiro atoms. The predicted molar refractivity (Wildman–Crippen MR) is 166 cm³/mol. The van der Waals surface area contributed by atoms with E-state index in [-0.39, 0.29) is 31.0 Å². The second-order valence-electron chi connectivity index (χ2n) is 12.6. The van der Waals surface area contributed by atoms with Crippen LogP contribution in [-0.2, 0) is 25.6 Å². The van der Waals surface area contributed by atoms with Crippen molar-refractivity contribution in [3.63, 3.8) is 0 Å². The van der Waals surface area contributed by atoms with Crippen molar-refractivity contribution in [1.82, 2.24) is 14.8 Å². The Kier molecular flexibility index (Phi) is 10.3. The Bertz CT molecular complexity index is 1280. The molecule has 2 heterocycles. The number of aliphatic imine (C=N–C) groups is 1. The predicted octanol–water partition coefficient (Wildman–Crippen LogP) is 6.06. The fourth-order valence-electron chi connectivity index (χ4n) is 5.83. The number of carbonyl (C=O) groups excluding carboxylic acids is 2. The van der Waals surface area contributed by atoms with E-state index in [1.165, 1.54) is 0 Å². The maximum absolute atomic E-state index is 14.2. The third-order valence-electron chi connectivity index (χ3n) is 7.69. The molecule has 0 bridgehead atoms. The van der Waals surface area contributed by atoms with E-state index in [0.29, 0.717) is 43.1 Å². The van der Waals surface area contributed by atoms with Crippen LogP contribution in [0.1, 0.15) is 92.1 Å². The van der Waals surface area contributed by atoms with E-state index in [0.717, 1.165) is 24.8 Å². The SMILES string of the molecule is CCCC(=O)N(C(COC(C)(C)C)C(=O)OC(C)C)C1(N2Cc3cc(Oc4ccccc4)ncc3N=C2N)CCCCC1. The number of hydrogen-bond acceptors (Lipinski definition) is 9. The second kappa shape index (κ2) is 13.8. The average molecular weight is 594 g/mol. The van der Waals surface area contributed by atoms with E-state index in [9.17, 15) is 9.59 Å². The number of guanidine groups is 1. The number of pyridine rings is 1. The van der Waals surface area contributed by atoms with E-state index in [2.05, 4.69) is 4.98 Å². The van der Waals surface area contributed by atoms with Crippen molar-refractivity contribution >= 4 is 23.5 Å². The number of carbonyl (C=O) groups is 2. The molecule has 2 aromatic rings. The molecule has 10 nitrogen and oxygen atoms in total. The Balaban J connectivity index is 1.78. The molecule has 0 saturated heterocycles. The lowest BCUT2D eigenvalue weighted by molar-refractivity contribution is -0.180. The highest BCUT2D eigenvalue weighted by molar-refractivity contribution is 5.88. The van der Waals surface area contributed by atoms with Gasteiger partial charge in [-0.3, -0.25) is 4.79 Å². The van der Waals surface area contributed by atoms with Crippen molar-refractivity contribution in [2.45, 2.75) is 116 Å². The number of rotatable bonds is 11. The lowest BCUT2D eigenvalue weighted by Gasteiger charge is -2.55. The van der Waals surface area contributed by atoms with Gasteiger partial charge in [-0.05, 0) is 78.9 Å². The van der Waals surface area contributed by atoms with Gasteiger partial charge in [0.05, 0.1) is 36.7 Å². The molecule has 2 N–H and O–H groups in total. The summed E-state index contributed by atoms with van der Waals surface area (Å²) >= 11 is 0. The van der Waals surface area contributed by atoms with E-state index in [4.69, 9.17) is 24.9 Å². The molecule has 1 unspecified atom stereocenters. The van der Waals surface area contributed by atoms with Crippen LogP contribution in [0, 0.1) is 0 Å². The standard InChI is InChI=1S/C33H47N5O5/c1-7-14-29(39)38(27(22-41-32(4,5)6)30(40)42-23(2)3)33(17-12-9-13-18-33)37-21-24-19-28(35-20-26(24)36-31(37)34)43-25-15-10-8-11-16-25/h8,10-11,15-16,19-20,23,27H,7,9,12-14,17-18,21-22H2,1-6H3,(H2,34,36). The number of para-hydroxylation sites is 1. The van der Waals surface area contributed by atoms with Crippen molar-refractivity contribution in [2.24, 2.45) is 10.7 Å². The largest absolute Gasteiger partial charge is 0.461 e. The van der Waals surface area contributed by atoms with Crippen LogP contribution in [0.2, 0.25) is 0 Å². The van der Waals surface area contributed by atoms with Crippen LogP contribution >= 0.6 is 0 Å². The number of amides is 1. The van der Waals surface area contributed by atoms with Crippen LogP contribution in [0.15, 0.2) is 47.6 Å². The highest BCUT2D eigenvalue weighted by Gasteiger charge is 2.52. The number of nitrogens with zero attached hydrogens (tertiary/aromatic N) is 4. The molecule has 1 aromatic carbocycles. The highest BCUT2D eigenvalue weighted by Crippen LogP contribution is 2.43. The molecule has 1 atom stereocenters. The monoisotopic (exact) mass is 593 g/mol. The average Bonchev–Trinajstić information content (AvgIpc) is 2.95. The molecule has 1 fully saturated rings. The number of benzene rings is 1. The molecule has 0 radical (unpaired) electrons. The van der Waals surface area contributed by atoms with E-state index in [1.54, 1.807) is 11.1 Å². The Morgan fingerprint density at radius 2 is 1.81 bits per heavy atom. The number of nitrogens with two attached hydrogens (primary N) is 1. The molecular formula is C33H47N5O5. The van der Waals surface area contributed by atoms with Gasteiger partial charge in [0.1, 0.15) is 11.4 Å². The molecule has 2 aliphatic rings. The number of esters is 1. The van der Waals surface area contributed by atoms with E-state index in [1.807, 2.05) is 82.8 Å².